The van der Waals surface area contributed by atoms with Gasteiger partial charge in [0.05, 0.1) is 21.2 Å². The Labute approximate surface area is 101 Å². The first-order chi connectivity index (χ1) is 7.58. The predicted molar refractivity (Wildman–Crippen MR) is 64.3 cm³/mol. The van der Waals surface area contributed by atoms with Crippen molar-refractivity contribution in [1.29, 1.82) is 0 Å². The van der Waals surface area contributed by atoms with E-state index in [0.717, 1.165) is 16.1 Å². The third-order valence-electron chi connectivity index (χ3n) is 2.11. The maximum atomic E-state index is 10.9. The van der Waals surface area contributed by atoms with Crippen LogP contribution in [0.25, 0.3) is 10.4 Å². The Morgan fingerprint density at radius 1 is 1.44 bits per heavy atom. The Balaban J connectivity index is 2.51. The number of hydrogen-bond acceptors (Lipinski definition) is 3. The number of aromatic carboxylic acids is 1. The molecule has 16 heavy (non-hydrogen) atoms. The second-order valence-electron chi connectivity index (χ2n) is 3.33. The summed E-state index contributed by atoms with van der Waals surface area (Å²) < 4.78 is 4.15. The normalized spacial score (nSPS) is 10.4. The van der Waals surface area contributed by atoms with Gasteiger partial charge < -0.3 is 5.11 Å². The summed E-state index contributed by atoms with van der Waals surface area (Å²) in [4.78, 5) is 11.9. The maximum Gasteiger partial charge on any atom is 0.337 e. The summed E-state index contributed by atoms with van der Waals surface area (Å²) in [6, 6.07) is 6.87. The number of carbonyl (C=O) groups is 1. The zero-order valence-corrected chi connectivity index (χ0v) is 9.97. The number of benzene rings is 1. The Kier molecular flexibility index (Phi) is 2.94. The molecule has 1 N–H and O–H groups in total. The SMILES string of the molecule is Cc1cc(-c2ccc(Cl)c(C(=O)O)c2)sn1. The van der Waals surface area contributed by atoms with Gasteiger partial charge in [0, 0.05) is 0 Å². The molecule has 0 atom stereocenters. The van der Waals surface area contributed by atoms with E-state index in [2.05, 4.69) is 4.37 Å². The van der Waals surface area contributed by atoms with Gasteiger partial charge >= 0.3 is 5.97 Å². The molecule has 0 radical (unpaired) electrons. The zero-order chi connectivity index (χ0) is 11.7. The highest BCUT2D eigenvalue weighted by molar-refractivity contribution is 7.09. The van der Waals surface area contributed by atoms with Crippen LogP contribution in [0.2, 0.25) is 5.02 Å². The Morgan fingerprint density at radius 3 is 2.75 bits per heavy atom. The second kappa shape index (κ2) is 4.23. The molecular weight excluding hydrogens is 246 g/mol. The Hall–Kier alpha value is -1.39. The molecule has 0 spiro atoms. The van der Waals surface area contributed by atoms with Gasteiger partial charge in [0.2, 0.25) is 0 Å². The van der Waals surface area contributed by atoms with E-state index in [1.807, 2.05) is 13.0 Å². The van der Waals surface area contributed by atoms with E-state index in [1.54, 1.807) is 18.2 Å². The molecule has 0 saturated carbocycles. The number of aromatic nitrogens is 1. The standard InChI is InChI=1S/C11H8ClNO2S/c1-6-4-10(16-13-6)7-2-3-9(12)8(5-7)11(14)15/h2-5H,1H3,(H,14,15). The molecule has 1 heterocycles. The lowest BCUT2D eigenvalue weighted by Crippen LogP contribution is -1.97. The van der Waals surface area contributed by atoms with E-state index in [4.69, 9.17) is 16.7 Å². The van der Waals surface area contributed by atoms with Crippen molar-refractivity contribution in [1.82, 2.24) is 4.37 Å². The van der Waals surface area contributed by atoms with E-state index < -0.39 is 5.97 Å². The number of rotatable bonds is 2. The zero-order valence-electron chi connectivity index (χ0n) is 8.40. The second-order valence-corrected chi connectivity index (χ2v) is 4.54. The van der Waals surface area contributed by atoms with Gasteiger partial charge in [-0.05, 0) is 42.2 Å². The third kappa shape index (κ3) is 2.08. The average molecular weight is 254 g/mol. The number of carboxylic acids is 1. The van der Waals surface area contributed by atoms with Gasteiger partial charge in [-0.2, -0.15) is 4.37 Å². The van der Waals surface area contributed by atoms with E-state index in [0.29, 0.717) is 0 Å². The average Bonchev–Trinajstić information content (AvgIpc) is 2.65. The van der Waals surface area contributed by atoms with Crippen LogP contribution in [-0.2, 0) is 0 Å². The van der Waals surface area contributed by atoms with Crippen LogP contribution in [0.15, 0.2) is 24.3 Å². The van der Waals surface area contributed by atoms with Crippen molar-refractivity contribution in [3.05, 3.63) is 40.5 Å². The van der Waals surface area contributed by atoms with Crippen LogP contribution in [0.1, 0.15) is 16.1 Å². The molecule has 82 valence electrons. The summed E-state index contributed by atoms with van der Waals surface area (Å²) in [5, 5.41) is 9.19. The van der Waals surface area contributed by atoms with Crippen LogP contribution in [0.5, 0.6) is 0 Å². The van der Waals surface area contributed by atoms with E-state index in [-0.39, 0.29) is 10.6 Å². The van der Waals surface area contributed by atoms with Crippen molar-refractivity contribution in [3.63, 3.8) is 0 Å². The van der Waals surface area contributed by atoms with Crippen LogP contribution in [-0.4, -0.2) is 15.4 Å². The summed E-state index contributed by atoms with van der Waals surface area (Å²) in [5.41, 5.74) is 1.87. The highest BCUT2D eigenvalue weighted by Crippen LogP contribution is 2.28. The first-order valence-electron chi connectivity index (χ1n) is 4.54. The van der Waals surface area contributed by atoms with Crippen molar-refractivity contribution in [3.8, 4) is 10.4 Å². The molecule has 3 nitrogen and oxygen atoms in total. The van der Waals surface area contributed by atoms with Gasteiger partial charge in [-0.15, -0.1) is 0 Å². The lowest BCUT2D eigenvalue weighted by molar-refractivity contribution is 0.0697. The number of hydrogen-bond donors (Lipinski definition) is 1. The monoisotopic (exact) mass is 253 g/mol. The van der Waals surface area contributed by atoms with Crippen molar-refractivity contribution in [2.45, 2.75) is 6.92 Å². The van der Waals surface area contributed by atoms with E-state index >= 15 is 0 Å². The van der Waals surface area contributed by atoms with Gasteiger partial charge in [-0.25, -0.2) is 4.79 Å². The number of aryl methyl sites for hydroxylation is 1. The fourth-order valence-electron chi connectivity index (χ4n) is 1.34. The molecule has 0 aliphatic heterocycles. The van der Waals surface area contributed by atoms with Crippen molar-refractivity contribution < 1.29 is 9.90 Å². The van der Waals surface area contributed by atoms with E-state index in [9.17, 15) is 4.79 Å². The van der Waals surface area contributed by atoms with Gasteiger partial charge in [-0.3, -0.25) is 0 Å². The minimum Gasteiger partial charge on any atom is -0.478 e. The van der Waals surface area contributed by atoms with Crippen molar-refractivity contribution in [2.75, 3.05) is 0 Å². The topological polar surface area (TPSA) is 50.2 Å². The third-order valence-corrected chi connectivity index (χ3v) is 3.37. The van der Waals surface area contributed by atoms with Gasteiger partial charge in [0.1, 0.15) is 0 Å². The van der Waals surface area contributed by atoms with Crippen LogP contribution in [0.3, 0.4) is 0 Å². The lowest BCUT2D eigenvalue weighted by Gasteiger charge is -2.01. The minimum atomic E-state index is -1.02. The fourth-order valence-corrected chi connectivity index (χ4v) is 2.29. The molecule has 0 aliphatic carbocycles. The molecule has 0 amide bonds. The van der Waals surface area contributed by atoms with Gasteiger partial charge in [-0.1, -0.05) is 17.7 Å². The largest absolute Gasteiger partial charge is 0.478 e. The Morgan fingerprint density at radius 2 is 2.19 bits per heavy atom. The predicted octanol–water partition coefficient (Wildman–Crippen LogP) is 3.47. The molecule has 0 aliphatic rings. The van der Waals surface area contributed by atoms with Gasteiger partial charge in [0.15, 0.2) is 0 Å². The Bertz CT molecular complexity index is 551. The molecule has 1 aromatic carbocycles. The fraction of sp³-hybridized carbons (Fsp3) is 0.0909. The summed E-state index contributed by atoms with van der Waals surface area (Å²) >= 11 is 7.13. The molecule has 2 rings (SSSR count). The maximum absolute atomic E-state index is 10.9. The molecule has 0 saturated heterocycles. The summed E-state index contributed by atoms with van der Waals surface area (Å²) in [7, 11) is 0. The minimum absolute atomic E-state index is 0.116. The lowest BCUT2D eigenvalue weighted by atomic mass is 10.1. The van der Waals surface area contributed by atoms with Crippen molar-refractivity contribution >= 4 is 29.1 Å². The van der Waals surface area contributed by atoms with Crippen LogP contribution in [0, 0.1) is 6.92 Å². The number of carboxylic acid groups (broad SMARTS) is 1. The number of halogens is 1. The first-order valence-corrected chi connectivity index (χ1v) is 5.69. The smallest absolute Gasteiger partial charge is 0.337 e. The highest BCUT2D eigenvalue weighted by atomic mass is 35.5. The van der Waals surface area contributed by atoms with Crippen molar-refractivity contribution in [2.24, 2.45) is 0 Å². The molecule has 1 aromatic heterocycles. The van der Waals surface area contributed by atoms with Crippen LogP contribution >= 0.6 is 23.1 Å². The molecule has 0 fully saturated rings. The summed E-state index contributed by atoms with van der Waals surface area (Å²) in [6.07, 6.45) is 0. The highest BCUT2D eigenvalue weighted by Gasteiger charge is 2.11. The molecule has 2 aromatic rings. The first kappa shape index (κ1) is 11.1. The van der Waals surface area contributed by atoms with Crippen LogP contribution < -0.4 is 0 Å². The molecular formula is C11H8ClNO2S. The van der Waals surface area contributed by atoms with Gasteiger partial charge in [0.25, 0.3) is 0 Å². The van der Waals surface area contributed by atoms with E-state index in [1.165, 1.54) is 11.5 Å². The number of nitrogens with zero attached hydrogens (tertiary/aromatic N) is 1. The summed E-state index contributed by atoms with van der Waals surface area (Å²) in [5.74, 6) is -1.02. The molecule has 0 unspecified atom stereocenters. The quantitative estimate of drug-likeness (QED) is 0.892. The molecule has 5 heteroatoms. The molecule has 0 bridgehead atoms. The summed E-state index contributed by atoms with van der Waals surface area (Å²) in [6.45, 7) is 1.90. The van der Waals surface area contributed by atoms with Crippen LogP contribution in [0.4, 0.5) is 0 Å².